The highest BCUT2D eigenvalue weighted by Gasteiger charge is 2.07. The maximum absolute atomic E-state index is 5.94. The lowest BCUT2D eigenvalue weighted by molar-refractivity contribution is 0.631. The molecule has 20 heavy (non-hydrogen) atoms. The van der Waals surface area contributed by atoms with Gasteiger partial charge in [0.15, 0.2) is 0 Å². The van der Waals surface area contributed by atoms with Crippen molar-refractivity contribution in [2.75, 3.05) is 0 Å². The number of hydrogen-bond acceptors (Lipinski definition) is 1. The van der Waals surface area contributed by atoms with Crippen LogP contribution in [0.2, 0.25) is 0 Å². The molecular weight excluding hydrogens is 312 g/mol. The van der Waals surface area contributed by atoms with E-state index in [4.69, 9.17) is 4.42 Å². The van der Waals surface area contributed by atoms with Crippen LogP contribution in [0.25, 0.3) is 33.1 Å². The molecule has 0 fully saturated rings. The molecule has 0 saturated heterocycles. The first kappa shape index (κ1) is 11.7. The Bertz CT molecular complexity index is 921. The van der Waals surface area contributed by atoms with Gasteiger partial charge in [0, 0.05) is 15.4 Å². The molecule has 0 aliphatic rings. The summed E-state index contributed by atoms with van der Waals surface area (Å²) in [6.45, 7) is 0. The Morgan fingerprint density at radius 3 is 2.45 bits per heavy atom. The zero-order valence-corrected chi connectivity index (χ0v) is 12.2. The Morgan fingerprint density at radius 1 is 0.700 bits per heavy atom. The van der Waals surface area contributed by atoms with E-state index in [0.717, 1.165) is 26.8 Å². The van der Waals surface area contributed by atoms with E-state index < -0.39 is 0 Å². The highest BCUT2D eigenvalue weighted by Crippen LogP contribution is 2.31. The van der Waals surface area contributed by atoms with E-state index in [0.29, 0.717) is 0 Å². The summed E-state index contributed by atoms with van der Waals surface area (Å²) < 4.78 is 7.00. The summed E-state index contributed by atoms with van der Waals surface area (Å²) in [7, 11) is 0. The molecule has 2 heteroatoms. The monoisotopic (exact) mass is 322 g/mol. The molecule has 3 aromatic carbocycles. The lowest BCUT2D eigenvalue weighted by atomic mass is 10.1. The van der Waals surface area contributed by atoms with E-state index in [2.05, 4.69) is 70.5 Å². The van der Waals surface area contributed by atoms with Gasteiger partial charge in [-0.2, -0.15) is 0 Å². The smallest absolute Gasteiger partial charge is 0.135 e. The summed E-state index contributed by atoms with van der Waals surface area (Å²) in [5.41, 5.74) is 2.02. The first-order valence-electron chi connectivity index (χ1n) is 6.48. The minimum Gasteiger partial charge on any atom is -0.456 e. The van der Waals surface area contributed by atoms with Crippen molar-refractivity contribution in [1.29, 1.82) is 0 Å². The number of hydrogen-bond donors (Lipinski definition) is 0. The molecule has 1 heterocycles. The molecule has 0 aliphatic heterocycles. The summed E-state index contributed by atoms with van der Waals surface area (Å²) in [5.74, 6) is 0.906. The fourth-order valence-corrected chi connectivity index (χ4v) is 2.88. The van der Waals surface area contributed by atoms with Gasteiger partial charge >= 0.3 is 0 Å². The Kier molecular flexibility index (Phi) is 2.64. The maximum Gasteiger partial charge on any atom is 0.135 e. The number of rotatable bonds is 1. The Balaban J connectivity index is 1.91. The third-order valence-corrected chi connectivity index (χ3v) is 4.01. The van der Waals surface area contributed by atoms with E-state index in [9.17, 15) is 0 Å². The van der Waals surface area contributed by atoms with Crippen LogP contribution < -0.4 is 0 Å². The number of furan rings is 1. The fourth-order valence-electron chi connectivity index (χ4n) is 2.50. The summed E-state index contributed by atoms with van der Waals surface area (Å²) >= 11 is 3.49. The van der Waals surface area contributed by atoms with Crippen LogP contribution in [0.15, 0.2) is 75.6 Å². The van der Waals surface area contributed by atoms with Gasteiger partial charge in [0.1, 0.15) is 11.3 Å². The topological polar surface area (TPSA) is 13.1 Å². The van der Waals surface area contributed by atoms with Crippen LogP contribution in [-0.2, 0) is 0 Å². The quantitative estimate of drug-likeness (QED) is 0.418. The second-order valence-electron chi connectivity index (χ2n) is 4.85. The summed E-state index contributed by atoms with van der Waals surface area (Å²) in [4.78, 5) is 0. The summed E-state index contributed by atoms with van der Waals surface area (Å²) in [5, 5.41) is 3.59. The molecule has 4 aromatic rings. The van der Waals surface area contributed by atoms with Crippen molar-refractivity contribution in [3.8, 4) is 11.3 Å². The molecule has 0 saturated carbocycles. The van der Waals surface area contributed by atoms with Gasteiger partial charge in [-0.25, -0.2) is 0 Å². The van der Waals surface area contributed by atoms with Crippen LogP contribution >= 0.6 is 15.9 Å². The molecule has 0 atom stereocenters. The molecule has 1 aromatic heterocycles. The zero-order chi connectivity index (χ0) is 13.5. The minimum atomic E-state index is 0.906. The summed E-state index contributed by atoms with van der Waals surface area (Å²) in [6.07, 6.45) is 0. The first-order valence-corrected chi connectivity index (χ1v) is 7.27. The van der Waals surface area contributed by atoms with Crippen LogP contribution in [-0.4, -0.2) is 0 Å². The van der Waals surface area contributed by atoms with Crippen molar-refractivity contribution in [3.63, 3.8) is 0 Å². The lowest BCUT2D eigenvalue weighted by Crippen LogP contribution is -1.75. The second-order valence-corrected chi connectivity index (χ2v) is 5.77. The van der Waals surface area contributed by atoms with Gasteiger partial charge in [0.25, 0.3) is 0 Å². The number of fused-ring (bicyclic) bond motifs is 2. The molecule has 0 amide bonds. The third kappa shape index (κ3) is 1.93. The van der Waals surface area contributed by atoms with Gasteiger partial charge in [0.05, 0.1) is 0 Å². The van der Waals surface area contributed by atoms with Crippen molar-refractivity contribution in [2.45, 2.75) is 0 Å². The molecular formula is C18H11BrO. The van der Waals surface area contributed by atoms with Gasteiger partial charge in [-0.1, -0.05) is 52.3 Å². The highest BCUT2D eigenvalue weighted by atomic mass is 79.9. The van der Waals surface area contributed by atoms with Crippen LogP contribution in [0.1, 0.15) is 0 Å². The average molecular weight is 323 g/mol. The predicted molar refractivity (Wildman–Crippen MR) is 86.9 cm³/mol. The van der Waals surface area contributed by atoms with Crippen molar-refractivity contribution < 1.29 is 4.42 Å². The standard InChI is InChI=1S/C18H11BrO/c19-16-7-8-17-15(10-16)11-18(20-17)14-6-5-12-3-1-2-4-13(12)9-14/h1-11H. The largest absolute Gasteiger partial charge is 0.456 e. The highest BCUT2D eigenvalue weighted by molar-refractivity contribution is 9.10. The first-order chi connectivity index (χ1) is 9.79. The molecule has 0 bridgehead atoms. The van der Waals surface area contributed by atoms with Crippen molar-refractivity contribution in [1.82, 2.24) is 0 Å². The Hall–Kier alpha value is -2.06. The van der Waals surface area contributed by atoms with E-state index in [1.807, 2.05) is 12.1 Å². The van der Waals surface area contributed by atoms with Gasteiger partial charge in [-0.05, 0) is 41.1 Å². The molecule has 0 unspecified atom stereocenters. The number of halogens is 1. The van der Waals surface area contributed by atoms with Crippen molar-refractivity contribution in [2.24, 2.45) is 0 Å². The Morgan fingerprint density at radius 2 is 1.55 bits per heavy atom. The van der Waals surface area contributed by atoms with E-state index >= 15 is 0 Å². The molecule has 96 valence electrons. The third-order valence-electron chi connectivity index (χ3n) is 3.51. The molecule has 0 radical (unpaired) electrons. The molecule has 1 nitrogen and oxygen atoms in total. The van der Waals surface area contributed by atoms with Crippen molar-refractivity contribution >= 4 is 37.7 Å². The van der Waals surface area contributed by atoms with Crippen molar-refractivity contribution in [3.05, 3.63) is 71.2 Å². The van der Waals surface area contributed by atoms with E-state index in [1.165, 1.54) is 10.8 Å². The van der Waals surface area contributed by atoms with E-state index in [1.54, 1.807) is 0 Å². The molecule has 0 N–H and O–H groups in total. The maximum atomic E-state index is 5.94. The fraction of sp³-hybridized carbons (Fsp3) is 0. The van der Waals surface area contributed by atoms with Crippen LogP contribution in [0.5, 0.6) is 0 Å². The minimum absolute atomic E-state index is 0.906. The van der Waals surface area contributed by atoms with Crippen LogP contribution in [0.4, 0.5) is 0 Å². The van der Waals surface area contributed by atoms with Gasteiger partial charge < -0.3 is 4.42 Å². The summed E-state index contributed by atoms with van der Waals surface area (Å²) in [6, 6.07) is 22.9. The van der Waals surface area contributed by atoms with E-state index in [-0.39, 0.29) is 0 Å². The SMILES string of the molecule is Brc1ccc2oc(-c3ccc4ccccc4c3)cc2c1. The molecule has 0 spiro atoms. The molecule has 0 aliphatic carbocycles. The second kappa shape index (κ2) is 4.50. The lowest BCUT2D eigenvalue weighted by Gasteiger charge is -2.00. The average Bonchev–Trinajstić information content (AvgIpc) is 2.89. The van der Waals surface area contributed by atoms with Gasteiger partial charge in [-0.3, -0.25) is 0 Å². The molecule has 4 rings (SSSR count). The number of benzene rings is 3. The van der Waals surface area contributed by atoms with Gasteiger partial charge in [0.2, 0.25) is 0 Å². The zero-order valence-electron chi connectivity index (χ0n) is 10.6. The van der Waals surface area contributed by atoms with Crippen LogP contribution in [0.3, 0.4) is 0 Å². The van der Waals surface area contributed by atoms with Crippen LogP contribution in [0, 0.1) is 0 Å². The van der Waals surface area contributed by atoms with Gasteiger partial charge in [-0.15, -0.1) is 0 Å². The Labute approximate surface area is 125 Å². The normalized spacial score (nSPS) is 11.2. The predicted octanol–water partition coefficient (Wildman–Crippen LogP) is 6.02.